The highest BCUT2D eigenvalue weighted by molar-refractivity contribution is 5.76. The molecule has 0 spiro atoms. The topological polar surface area (TPSA) is 79.0 Å². The predicted molar refractivity (Wildman–Crippen MR) is 82.5 cm³/mol. The molecule has 2 aromatic rings. The molecule has 3 heterocycles. The predicted octanol–water partition coefficient (Wildman–Crippen LogP) is 2.06. The fourth-order valence-electron chi connectivity index (χ4n) is 2.71. The van der Waals surface area contributed by atoms with Gasteiger partial charge in [-0.3, -0.25) is 14.6 Å². The molecule has 1 N–H and O–H groups in total. The molecule has 0 aromatic carbocycles. The molecule has 0 saturated carbocycles. The number of fused-ring (bicyclic) bond motifs is 1. The first-order chi connectivity index (χ1) is 11.8. The molecule has 2 aromatic heterocycles. The van der Waals surface area contributed by atoms with Crippen LogP contribution in [0.3, 0.4) is 0 Å². The molecular weight excluding hydrogens is 337 g/mol. The van der Waals surface area contributed by atoms with E-state index in [1.807, 2.05) is 0 Å². The molecule has 1 aliphatic heterocycles. The van der Waals surface area contributed by atoms with Gasteiger partial charge in [0.15, 0.2) is 0 Å². The Bertz CT molecular complexity index is 834. The first kappa shape index (κ1) is 17.1. The third-order valence-corrected chi connectivity index (χ3v) is 4.00. The number of halogens is 3. The quantitative estimate of drug-likeness (QED) is 0.917. The van der Waals surface area contributed by atoms with E-state index in [9.17, 15) is 22.8 Å². The fraction of sp³-hybridized carbons (Fsp3) is 0.375. The van der Waals surface area contributed by atoms with Crippen LogP contribution in [0.5, 0.6) is 0 Å². The molecular formula is C16H15F3N4O2. The van der Waals surface area contributed by atoms with Crippen LogP contribution < -0.4 is 5.56 Å². The summed E-state index contributed by atoms with van der Waals surface area (Å²) in [4.78, 5) is 36.5. The molecule has 1 aliphatic rings. The van der Waals surface area contributed by atoms with Crippen molar-refractivity contribution >= 4 is 5.91 Å². The van der Waals surface area contributed by atoms with Gasteiger partial charge >= 0.3 is 6.18 Å². The van der Waals surface area contributed by atoms with Crippen LogP contribution in [0.15, 0.2) is 29.3 Å². The second-order valence-electron chi connectivity index (χ2n) is 5.76. The van der Waals surface area contributed by atoms with Gasteiger partial charge in [-0.15, -0.1) is 0 Å². The molecule has 6 nitrogen and oxygen atoms in total. The number of nitrogens with zero attached hydrogens (tertiary/aromatic N) is 3. The number of carbonyl (C=O) groups excluding carboxylic acids is 1. The minimum absolute atomic E-state index is 0.0357. The Labute approximate surface area is 140 Å². The molecule has 1 amide bonds. The van der Waals surface area contributed by atoms with Gasteiger partial charge in [0.1, 0.15) is 5.82 Å². The lowest BCUT2D eigenvalue weighted by molar-refractivity contribution is -0.149. The van der Waals surface area contributed by atoms with E-state index in [2.05, 4.69) is 15.0 Å². The lowest BCUT2D eigenvalue weighted by Crippen LogP contribution is -2.39. The van der Waals surface area contributed by atoms with E-state index >= 15 is 0 Å². The average molecular weight is 352 g/mol. The summed E-state index contributed by atoms with van der Waals surface area (Å²) in [6.45, 7) is 0.247. The van der Waals surface area contributed by atoms with Crippen molar-refractivity contribution in [2.24, 2.45) is 0 Å². The Kier molecular flexibility index (Phi) is 4.56. The Morgan fingerprint density at radius 3 is 2.68 bits per heavy atom. The molecule has 0 radical (unpaired) electrons. The highest BCUT2D eigenvalue weighted by atomic mass is 19.4. The van der Waals surface area contributed by atoms with Crippen LogP contribution in [-0.2, 0) is 17.8 Å². The van der Waals surface area contributed by atoms with Gasteiger partial charge in [0.25, 0.3) is 5.56 Å². The van der Waals surface area contributed by atoms with Crippen molar-refractivity contribution in [1.82, 2.24) is 19.9 Å². The monoisotopic (exact) mass is 352 g/mol. The minimum atomic E-state index is -4.37. The molecule has 0 fully saturated rings. The summed E-state index contributed by atoms with van der Waals surface area (Å²) in [5.74, 6) is -0.244. The number of amides is 1. The molecule has 132 valence electrons. The number of rotatable bonds is 3. The zero-order chi connectivity index (χ0) is 18.0. The number of H-pyrrole nitrogens is 1. The van der Waals surface area contributed by atoms with Crippen LogP contribution in [0.2, 0.25) is 0 Å². The Morgan fingerprint density at radius 1 is 1.28 bits per heavy atom. The van der Waals surface area contributed by atoms with Gasteiger partial charge in [0.05, 0.1) is 18.7 Å². The summed E-state index contributed by atoms with van der Waals surface area (Å²) < 4.78 is 36.8. The number of aromatic nitrogens is 3. The number of aromatic amines is 1. The van der Waals surface area contributed by atoms with E-state index in [0.717, 1.165) is 0 Å². The number of carbonyl (C=O) groups is 1. The lowest BCUT2D eigenvalue weighted by atomic mass is 10.1. The van der Waals surface area contributed by atoms with E-state index < -0.39 is 24.9 Å². The minimum Gasteiger partial charge on any atom is -0.336 e. The summed E-state index contributed by atoms with van der Waals surface area (Å²) in [6, 6.07) is 3.36. The number of nitrogens with one attached hydrogen (secondary N) is 1. The second kappa shape index (κ2) is 6.66. The zero-order valence-electron chi connectivity index (χ0n) is 13.1. The van der Waals surface area contributed by atoms with Crippen LogP contribution in [0.25, 0.3) is 11.4 Å². The summed E-state index contributed by atoms with van der Waals surface area (Å²) in [7, 11) is 0. The van der Waals surface area contributed by atoms with Crippen molar-refractivity contribution in [1.29, 1.82) is 0 Å². The van der Waals surface area contributed by atoms with Crippen LogP contribution >= 0.6 is 0 Å². The van der Waals surface area contributed by atoms with Crippen molar-refractivity contribution in [3.8, 4) is 11.4 Å². The fourth-order valence-corrected chi connectivity index (χ4v) is 2.71. The third-order valence-electron chi connectivity index (χ3n) is 4.00. The van der Waals surface area contributed by atoms with Gasteiger partial charge < -0.3 is 9.88 Å². The van der Waals surface area contributed by atoms with E-state index in [1.54, 1.807) is 24.5 Å². The Hall–Kier alpha value is -2.71. The van der Waals surface area contributed by atoms with Crippen LogP contribution in [-0.4, -0.2) is 38.5 Å². The standard InChI is InChI=1S/C16H15F3N4O2/c17-16(18,19)5-1-13(24)23-8-4-11-12(9-23)21-14(22-15(11)25)10-2-6-20-7-3-10/h2-3,6-7H,1,4-5,8-9H2,(H,21,22,25). The molecule has 0 bridgehead atoms. The SMILES string of the molecule is O=C(CCC(F)(F)F)N1CCc2c(nc(-c3ccncc3)[nH]c2=O)C1. The molecule has 3 rings (SSSR count). The maximum absolute atomic E-state index is 12.3. The third kappa shape index (κ3) is 4.04. The summed E-state index contributed by atoms with van der Waals surface area (Å²) >= 11 is 0. The van der Waals surface area contributed by atoms with Crippen molar-refractivity contribution in [3.63, 3.8) is 0 Å². The summed E-state index contributed by atoms with van der Waals surface area (Å²) in [6.07, 6.45) is -2.73. The smallest absolute Gasteiger partial charge is 0.336 e. The van der Waals surface area contributed by atoms with Crippen molar-refractivity contribution < 1.29 is 18.0 Å². The molecule has 0 unspecified atom stereocenters. The van der Waals surface area contributed by atoms with E-state index in [4.69, 9.17) is 0 Å². The maximum Gasteiger partial charge on any atom is 0.389 e. The van der Waals surface area contributed by atoms with Crippen molar-refractivity contribution in [3.05, 3.63) is 46.1 Å². The maximum atomic E-state index is 12.3. The van der Waals surface area contributed by atoms with E-state index in [1.165, 1.54) is 4.90 Å². The molecule has 9 heteroatoms. The number of alkyl halides is 3. The largest absolute Gasteiger partial charge is 0.389 e. The van der Waals surface area contributed by atoms with Gasteiger partial charge in [0, 0.05) is 36.5 Å². The van der Waals surface area contributed by atoms with Crippen LogP contribution in [0, 0.1) is 0 Å². The first-order valence-corrected chi connectivity index (χ1v) is 7.70. The van der Waals surface area contributed by atoms with Crippen molar-refractivity contribution in [2.75, 3.05) is 6.54 Å². The van der Waals surface area contributed by atoms with Crippen LogP contribution in [0.1, 0.15) is 24.1 Å². The van der Waals surface area contributed by atoms with Gasteiger partial charge in [-0.05, 0) is 18.6 Å². The number of hydrogen-bond acceptors (Lipinski definition) is 4. The average Bonchev–Trinajstić information content (AvgIpc) is 2.59. The second-order valence-corrected chi connectivity index (χ2v) is 5.76. The highest BCUT2D eigenvalue weighted by Crippen LogP contribution is 2.23. The Morgan fingerprint density at radius 2 is 2.00 bits per heavy atom. The molecule has 0 atom stereocenters. The number of hydrogen-bond donors (Lipinski definition) is 1. The molecule has 0 aliphatic carbocycles. The molecule has 25 heavy (non-hydrogen) atoms. The highest BCUT2D eigenvalue weighted by Gasteiger charge is 2.30. The number of pyridine rings is 1. The molecule has 0 saturated heterocycles. The Balaban J connectivity index is 1.81. The lowest BCUT2D eigenvalue weighted by Gasteiger charge is -2.28. The van der Waals surface area contributed by atoms with Crippen LogP contribution in [0.4, 0.5) is 13.2 Å². The zero-order valence-corrected chi connectivity index (χ0v) is 13.1. The van der Waals surface area contributed by atoms with E-state index in [0.29, 0.717) is 22.6 Å². The van der Waals surface area contributed by atoms with Crippen molar-refractivity contribution in [2.45, 2.75) is 32.0 Å². The van der Waals surface area contributed by atoms with Gasteiger partial charge in [-0.1, -0.05) is 0 Å². The summed E-state index contributed by atoms with van der Waals surface area (Å²) in [5.41, 5.74) is 1.26. The van der Waals surface area contributed by atoms with Gasteiger partial charge in [-0.2, -0.15) is 13.2 Å². The normalized spacial score (nSPS) is 14.3. The van der Waals surface area contributed by atoms with E-state index in [-0.39, 0.29) is 25.1 Å². The van der Waals surface area contributed by atoms with Gasteiger partial charge in [-0.25, -0.2) is 4.98 Å². The summed E-state index contributed by atoms with van der Waals surface area (Å²) in [5, 5.41) is 0. The van der Waals surface area contributed by atoms with Gasteiger partial charge in [0.2, 0.25) is 5.91 Å². The first-order valence-electron chi connectivity index (χ1n) is 7.70.